The molecule has 0 radical (unpaired) electrons. The van der Waals surface area contributed by atoms with Crippen LogP contribution in [-0.4, -0.2) is 24.1 Å². The van der Waals surface area contributed by atoms with Crippen LogP contribution in [0.15, 0.2) is 218 Å². The first-order valence-corrected chi connectivity index (χ1v) is 21.2. The van der Waals surface area contributed by atoms with Gasteiger partial charge in [-0.3, -0.25) is 0 Å². The summed E-state index contributed by atoms with van der Waals surface area (Å²) in [6, 6.07) is 71.2. The van der Waals surface area contributed by atoms with Crippen molar-refractivity contribution in [1.29, 1.82) is 0 Å². The Morgan fingerprint density at radius 3 is 1.61 bits per heavy atom. The molecule has 5 nitrogen and oxygen atoms in total. The maximum atomic E-state index is 5.03. The van der Waals surface area contributed by atoms with Crippen LogP contribution in [0, 0.1) is 0 Å². The van der Waals surface area contributed by atoms with Gasteiger partial charge in [-0.1, -0.05) is 176 Å². The van der Waals surface area contributed by atoms with Crippen molar-refractivity contribution in [2.75, 3.05) is 0 Å². The van der Waals surface area contributed by atoms with Gasteiger partial charge in [-0.15, -0.1) is 0 Å². The highest BCUT2D eigenvalue weighted by molar-refractivity contribution is 6.16. The van der Waals surface area contributed by atoms with Gasteiger partial charge in [-0.05, 0) is 60.0 Å². The molecule has 3 aromatic heterocycles. The van der Waals surface area contributed by atoms with Crippen molar-refractivity contribution >= 4 is 49.2 Å². The van der Waals surface area contributed by atoms with Gasteiger partial charge in [0.2, 0.25) is 0 Å². The van der Waals surface area contributed by atoms with Gasteiger partial charge < -0.3 is 9.13 Å². The summed E-state index contributed by atoms with van der Waals surface area (Å²) in [5.74, 6) is 2.15. The predicted octanol–water partition coefficient (Wildman–Crippen LogP) is 14.2. The van der Waals surface area contributed by atoms with E-state index in [1.165, 1.54) is 60.3 Å². The standard InChI is InChI=1S/C57H39N5/c1-5-17-39(18-6-1)55-58-56(40-19-7-2-8-20-40)60-57(59-55)41-33-31-38(32-34-41)45-26-15-28-48-49-29-16-27-46(54(49)62(53(45)48)44-23-11-4-12-24-44)42-35-36-52-50(37-42)47-25-13-14-30-51(47)61(52)43-21-9-3-10-22-43/h1-31,33-38H,32H2. The van der Waals surface area contributed by atoms with Crippen molar-refractivity contribution < 1.29 is 0 Å². The molecule has 1 aliphatic rings. The van der Waals surface area contributed by atoms with Gasteiger partial charge in [0.25, 0.3) is 0 Å². The van der Waals surface area contributed by atoms with E-state index in [4.69, 9.17) is 15.0 Å². The molecule has 12 rings (SSSR count). The molecule has 0 aliphatic heterocycles. The van der Waals surface area contributed by atoms with Crippen LogP contribution in [0.5, 0.6) is 0 Å². The van der Waals surface area contributed by atoms with Crippen molar-refractivity contribution in [1.82, 2.24) is 24.1 Å². The van der Waals surface area contributed by atoms with Crippen molar-refractivity contribution in [3.63, 3.8) is 0 Å². The molecule has 8 aromatic carbocycles. The minimum atomic E-state index is 0.141. The summed E-state index contributed by atoms with van der Waals surface area (Å²) in [5.41, 5.74) is 13.7. The topological polar surface area (TPSA) is 48.5 Å². The molecule has 5 heteroatoms. The summed E-state index contributed by atoms with van der Waals surface area (Å²) in [6.45, 7) is 0. The normalized spacial score (nSPS) is 13.9. The highest BCUT2D eigenvalue weighted by Crippen LogP contribution is 2.44. The third kappa shape index (κ3) is 5.97. The second kappa shape index (κ2) is 14.8. The molecule has 0 spiro atoms. The lowest BCUT2D eigenvalue weighted by Gasteiger charge is -2.20. The molecular formula is C57H39N5. The Bertz CT molecular complexity index is 3470. The van der Waals surface area contributed by atoms with E-state index in [-0.39, 0.29) is 5.92 Å². The van der Waals surface area contributed by atoms with Crippen molar-refractivity contribution in [2.24, 2.45) is 0 Å². The highest BCUT2D eigenvalue weighted by Gasteiger charge is 2.24. The highest BCUT2D eigenvalue weighted by atomic mass is 15.0. The van der Waals surface area contributed by atoms with Crippen LogP contribution in [-0.2, 0) is 0 Å². The van der Waals surface area contributed by atoms with E-state index >= 15 is 0 Å². The SMILES string of the molecule is C1=CC(c2cccc3c4cccc(-c5ccc6c(c5)c5ccccc5n6-c5ccccc5)c4n(-c4ccccc4)c23)CC=C1c1nc(-c2ccccc2)nc(-c2ccccc2)n1. The Kier molecular flexibility index (Phi) is 8.56. The molecule has 0 bridgehead atoms. The third-order valence-electron chi connectivity index (χ3n) is 12.3. The van der Waals surface area contributed by atoms with Crippen LogP contribution < -0.4 is 0 Å². The van der Waals surface area contributed by atoms with E-state index in [0.29, 0.717) is 17.5 Å². The fourth-order valence-electron chi connectivity index (χ4n) is 9.46. The summed E-state index contributed by atoms with van der Waals surface area (Å²) in [5, 5.41) is 4.96. The number of rotatable bonds is 7. The van der Waals surface area contributed by atoms with Gasteiger partial charge in [0.15, 0.2) is 17.5 Å². The zero-order valence-corrected chi connectivity index (χ0v) is 33.8. The van der Waals surface area contributed by atoms with Crippen LogP contribution in [0.4, 0.5) is 0 Å². The summed E-state index contributed by atoms with van der Waals surface area (Å²) in [6.07, 6.45) is 7.64. The minimum Gasteiger partial charge on any atom is -0.309 e. The lowest BCUT2D eigenvalue weighted by atomic mass is 9.88. The maximum absolute atomic E-state index is 5.03. The minimum absolute atomic E-state index is 0.141. The van der Waals surface area contributed by atoms with Crippen molar-refractivity contribution in [3.8, 4) is 45.3 Å². The predicted molar refractivity (Wildman–Crippen MR) is 256 cm³/mol. The van der Waals surface area contributed by atoms with Gasteiger partial charge in [-0.2, -0.15) is 0 Å². The summed E-state index contributed by atoms with van der Waals surface area (Å²) in [7, 11) is 0. The molecule has 3 heterocycles. The van der Waals surface area contributed by atoms with E-state index in [9.17, 15) is 0 Å². The number of fused-ring (bicyclic) bond motifs is 6. The quantitative estimate of drug-likeness (QED) is 0.161. The van der Waals surface area contributed by atoms with E-state index in [1.807, 2.05) is 36.4 Å². The molecule has 62 heavy (non-hydrogen) atoms. The lowest BCUT2D eigenvalue weighted by Crippen LogP contribution is -2.06. The number of benzene rings is 8. The van der Waals surface area contributed by atoms with Crippen molar-refractivity contribution in [3.05, 3.63) is 230 Å². The van der Waals surface area contributed by atoms with Crippen LogP contribution in [0.2, 0.25) is 0 Å². The Balaban J connectivity index is 0.999. The van der Waals surface area contributed by atoms with Gasteiger partial charge in [0.1, 0.15) is 0 Å². The van der Waals surface area contributed by atoms with Crippen LogP contribution in [0.3, 0.4) is 0 Å². The zero-order valence-electron chi connectivity index (χ0n) is 33.8. The molecule has 1 aliphatic carbocycles. The number of para-hydroxylation sites is 5. The molecule has 0 saturated heterocycles. The van der Waals surface area contributed by atoms with Crippen LogP contribution in [0.25, 0.3) is 94.5 Å². The van der Waals surface area contributed by atoms with Gasteiger partial charge >= 0.3 is 0 Å². The van der Waals surface area contributed by atoms with Crippen LogP contribution in [0.1, 0.15) is 23.7 Å². The van der Waals surface area contributed by atoms with E-state index in [2.05, 4.69) is 191 Å². The molecule has 0 fully saturated rings. The molecule has 1 atom stereocenters. The number of hydrogen-bond donors (Lipinski definition) is 0. The van der Waals surface area contributed by atoms with Gasteiger partial charge in [-0.25, -0.2) is 15.0 Å². The summed E-state index contributed by atoms with van der Waals surface area (Å²) >= 11 is 0. The summed E-state index contributed by atoms with van der Waals surface area (Å²) < 4.78 is 4.88. The van der Waals surface area contributed by atoms with Crippen LogP contribution >= 0.6 is 0 Å². The largest absolute Gasteiger partial charge is 0.309 e. The first kappa shape index (κ1) is 35.8. The average molecular weight is 794 g/mol. The number of allylic oxidation sites excluding steroid dienone is 4. The fourth-order valence-corrected chi connectivity index (χ4v) is 9.46. The number of nitrogens with zero attached hydrogens (tertiary/aromatic N) is 5. The van der Waals surface area contributed by atoms with Gasteiger partial charge in [0, 0.05) is 61.1 Å². The second-order valence-electron chi connectivity index (χ2n) is 15.9. The first-order chi connectivity index (χ1) is 30.8. The zero-order chi connectivity index (χ0) is 41.0. The van der Waals surface area contributed by atoms with Gasteiger partial charge in [0.05, 0.1) is 22.1 Å². The molecule has 0 amide bonds. The Labute approximate surface area is 359 Å². The molecule has 0 N–H and O–H groups in total. The summed E-state index contributed by atoms with van der Waals surface area (Å²) in [4.78, 5) is 15.0. The lowest BCUT2D eigenvalue weighted by molar-refractivity contribution is 0.856. The monoisotopic (exact) mass is 793 g/mol. The Hall–Kier alpha value is -8.15. The Morgan fingerprint density at radius 1 is 0.403 bits per heavy atom. The second-order valence-corrected chi connectivity index (χ2v) is 15.9. The molecule has 1 unspecified atom stereocenters. The molecule has 292 valence electrons. The maximum Gasteiger partial charge on any atom is 0.164 e. The van der Waals surface area contributed by atoms with E-state index in [1.54, 1.807) is 0 Å². The molecule has 11 aromatic rings. The smallest absolute Gasteiger partial charge is 0.164 e. The molecule has 0 saturated carbocycles. The average Bonchev–Trinajstić information content (AvgIpc) is 3.88. The van der Waals surface area contributed by atoms with E-state index in [0.717, 1.165) is 34.5 Å². The van der Waals surface area contributed by atoms with Crippen molar-refractivity contribution in [2.45, 2.75) is 12.3 Å². The molecular weight excluding hydrogens is 755 g/mol. The van der Waals surface area contributed by atoms with E-state index < -0.39 is 0 Å². The number of aromatic nitrogens is 5. The number of hydrogen-bond acceptors (Lipinski definition) is 3. The third-order valence-corrected chi connectivity index (χ3v) is 12.3. The first-order valence-electron chi connectivity index (χ1n) is 21.2. The Morgan fingerprint density at radius 2 is 0.952 bits per heavy atom. The fraction of sp³-hybridized carbons (Fsp3) is 0.0351.